The number of aliphatic hydroxyl groups excluding tert-OH is 1. The molecule has 3 atom stereocenters. The highest BCUT2D eigenvalue weighted by Crippen LogP contribution is 2.50. The van der Waals surface area contributed by atoms with E-state index in [1.807, 2.05) is 0 Å². The summed E-state index contributed by atoms with van der Waals surface area (Å²) in [5, 5.41) is 10.2. The summed E-state index contributed by atoms with van der Waals surface area (Å²) in [6, 6.07) is 0. The van der Waals surface area contributed by atoms with Crippen LogP contribution in [0.5, 0.6) is 0 Å². The second-order valence-corrected chi connectivity index (χ2v) is 7.45. The van der Waals surface area contributed by atoms with Crippen molar-refractivity contribution in [2.45, 2.75) is 45.6 Å². The van der Waals surface area contributed by atoms with Gasteiger partial charge in [0.05, 0.1) is 19.3 Å². The molecule has 0 radical (unpaired) electrons. The number of hydrogen-bond acceptors (Lipinski definition) is 7. The van der Waals surface area contributed by atoms with E-state index in [4.69, 9.17) is 13.8 Å². The predicted molar refractivity (Wildman–Crippen MR) is 90.6 cm³/mol. The minimum Gasteiger partial charge on any atom is -0.390 e. The lowest BCUT2D eigenvalue weighted by Crippen LogP contribution is -2.33. The highest BCUT2D eigenvalue weighted by atomic mass is 31.2. The molecule has 10 heteroatoms. The molecule has 0 spiro atoms. The summed E-state index contributed by atoms with van der Waals surface area (Å²) >= 11 is 0. The Morgan fingerprint density at radius 1 is 1.40 bits per heavy atom. The van der Waals surface area contributed by atoms with Crippen LogP contribution in [0, 0.1) is 6.92 Å². The summed E-state index contributed by atoms with van der Waals surface area (Å²) in [6.07, 6.45) is 0.520. The van der Waals surface area contributed by atoms with Gasteiger partial charge in [0.1, 0.15) is 12.3 Å². The number of aliphatic hydroxyl groups is 1. The maximum Gasteiger partial charge on any atom is 0.353 e. The van der Waals surface area contributed by atoms with Crippen molar-refractivity contribution in [2.75, 3.05) is 13.2 Å². The molecular weight excluding hydrogens is 351 g/mol. The van der Waals surface area contributed by atoms with Gasteiger partial charge >= 0.3 is 13.3 Å². The first kappa shape index (κ1) is 19.8. The first-order valence-corrected chi connectivity index (χ1v) is 9.64. The van der Waals surface area contributed by atoms with E-state index in [0.717, 1.165) is 0 Å². The Morgan fingerprint density at radius 3 is 2.64 bits per heavy atom. The van der Waals surface area contributed by atoms with Crippen molar-refractivity contribution in [1.82, 2.24) is 9.55 Å². The molecule has 2 N–H and O–H groups in total. The number of nitrogens with one attached hydrogen (secondary N) is 1. The molecule has 9 nitrogen and oxygen atoms in total. The molecule has 1 aliphatic rings. The van der Waals surface area contributed by atoms with Crippen molar-refractivity contribution in [2.24, 2.45) is 0 Å². The van der Waals surface area contributed by atoms with E-state index in [2.05, 4.69) is 4.98 Å². The molecule has 1 fully saturated rings. The first-order chi connectivity index (χ1) is 11.8. The van der Waals surface area contributed by atoms with Crippen molar-refractivity contribution < 1.29 is 23.5 Å². The number of rotatable bonds is 7. The molecule has 0 amide bonds. The van der Waals surface area contributed by atoms with Gasteiger partial charge in [-0.25, -0.2) is 4.79 Å². The molecular formula is C15H23N2O7P. The van der Waals surface area contributed by atoms with Crippen molar-refractivity contribution in [3.05, 3.63) is 44.5 Å². The van der Waals surface area contributed by atoms with Crippen LogP contribution in [0.3, 0.4) is 0 Å². The maximum absolute atomic E-state index is 12.4. The van der Waals surface area contributed by atoms with Gasteiger partial charge in [-0.1, -0.05) is 0 Å². The molecule has 0 bridgehead atoms. The molecule has 1 aliphatic heterocycles. The van der Waals surface area contributed by atoms with Crippen LogP contribution in [0.25, 0.3) is 0 Å². The summed E-state index contributed by atoms with van der Waals surface area (Å²) in [6.45, 7) is 5.38. The van der Waals surface area contributed by atoms with Crippen molar-refractivity contribution >= 4 is 7.60 Å². The molecule has 0 aromatic carbocycles. The van der Waals surface area contributed by atoms with E-state index >= 15 is 0 Å². The number of nitrogens with zero attached hydrogens (tertiary/aromatic N) is 1. The number of H-pyrrole nitrogens is 1. The Hall–Kier alpha value is -1.51. The fourth-order valence-electron chi connectivity index (χ4n) is 2.49. The zero-order chi connectivity index (χ0) is 18.6. The van der Waals surface area contributed by atoms with Crippen LogP contribution in [0.15, 0.2) is 27.7 Å². The molecule has 1 saturated heterocycles. The van der Waals surface area contributed by atoms with Gasteiger partial charge < -0.3 is 18.9 Å². The molecule has 0 saturated carbocycles. The molecule has 2 rings (SSSR count). The zero-order valence-corrected chi connectivity index (χ0v) is 15.3. The fraction of sp³-hybridized carbons (Fsp3) is 0.600. The van der Waals surface area contributed by atoms with Crippen molar-refractivity contribution in [1.29, 1.82) is 0 Å². The molecule has 0 aliphatic carbocycles. The third-order valence-corrected chi connectivity index (χ3v) is 5.44. The summed E-state index contributed by atoms with van der Waals surface area (Å²) in [4.78, 5) is 25.6. The molecule has 2 heterocycles. The number of hydrogen-bond donors (Lipinski definition) is 2. The second kappa shape index (κ2) is 8.25. The Kier molecular flexibility index (Phi) is 6.53. The Morgan fingerprint density at radius 2 is 2.04 bits per heavy atom. The summed E-state index contributed by atoms with van der Waals surface area (Å²) in [7, 11) is -3.40. The maximum atomic E-state index is 12.4. The van der Waals surface area contributed by atoms with Gasteiger partial charge in [-0.3, -0.25) is 18.9 Å². The van der Waals surface area contributed by atoms with Crippen LogP contribution in [-0.2, 0) is 18.3 Å². The second-order valence-electron chi connectivity index (χ2n) is 5.55. The third-order valence-electron chi connectivity index (χ3n) is 3.67. The predicted octanol–water partition coefficient (Wildman–Crippen LogP) is 1.27. The Balaban J connectivity index is 2.17. The van der Waals surface area contributed by atoms with Crippen LogP contribution < -0.4 is 11.2 Å². The van der Waals surface area contributed by atoms with Gasteiger partial charge in [0.25, 0.3) is 5.56 Å². The van der Waals surface area contributed by atoms with Crippen LogP contribution in [0.4, 0.5) is 0 Å². The largest absolute Gasteiger partial charge is 0.390 e. The zero-order valence-electron chi connectivity index (χ0n) is 14.4. The van der Waals surface area contributed by atoms with Crippen LogP contribution in [0.2, 0.25) is 0 Å². The minimum absolute atomic E-state index is 0.147. The smallest absolute Gasteiger partial charge is 0.353 e. The van der Waals surface area contributed by atoms with Gasteiger partial charge in [0.2, 0.25) is 0 Å². The van der Waals surface area contributed by atoms with Crippen molar-refractivity contribution in [3.63, 3.8) is 0 Å². The summed E-state index contributed by atoms with van der Waals surface area (Å²) in [5.74, 6) is 1.26. The van der Waals surface area contributed by atoms with Crippen LogP contribution in [-0.4, -0.2) is 40.1 Å². The normalized spacial score (nSPS) is 24.2. The molecule has 25 heavy (non-hydrogen) atoms. The highest BCUT2D eigenvalue weighted by Gasteiger charge is 2.35. The first-order valence-electron chi connectivity index (χ1n) is 8.03. The van der Waals surface area contributed by atoms with Gasteiger partial charge in [-0.2, -0.15) is 0 Å². The monoisotopic (exact) mass is 374 g/mol. The molecule has 0 unspecified atom stereocenters. The third kappa shape index (κ3) is 4.77. The summed E-state index contributed by atoms with van der Waals surface area (Å²) < 4.78 is 29.6. The quantitative estimate of drug-likeness (QED) is 0.690. The number of ether oxygens (including phenoxy) is 1. The van der Waals surface area contributed by atoms with E-state index in [-0.39, 0.29) is 19.6 Å². The van der Waals surface area contributed by atoms with Gasteiger partial charge in [-0.05, 0) is 26.8 Å². The minimum atomic E-state index is -3.40. The van der Waals surface area contributed by atoms with Gasteiger partial charge in [0.15, 0.2) is 0 Å². The molecule has 1 aromatic heterocycles. The van der Waals surface area contributed by atoms with E-state index in [9.17, 15) is 19.3 Å². The van der Waals surface area contributed by atoms with Crippen LogP contribution in [0.1, 0.15) is 32.1 Å². The van der Waals surface area contributed by atoms with Gasteiger partial charge in [0, 0.05) is 24.0 Å². The fourth-order valence-corrected chi connectivity index (χ4v) is 3.84. The lowest BCUT2D eigenvalue weighted by Gasteiger charge is -2.16. The Labute approximate surface area is 144 Å². The van der Waals surface area contributed by atoms with E-state index in [1.165, 1.54) is 22.7 Å². The van der Waals surface area contributed by atoms with Crippen molar-refractivity contribution in [3.8, 4) is 0 Å². The Bertz CT molecular complexity index is 775. The van der Waals surface area contributed by atoms with E-state index < -0.39 is 37.3 Å². The number of aromatic amines is 1. The molecule has 1 aromatic rings. The summed E-state index contributed by atoms with van der Waals surface area (Å²) in [5.41, 5.74) is -0.730. The molecule has 140 valence electrons. The average Bonchev–Trinajstić information content (AvgIpc) is 2.90. The lowest BCUT2D eigenvalue weighted by molar-refractivity contribution is 0.00472. The average molecular weight is 374 g/mol. The lowest BCUT2D eigenvalue weighted by atomic mass is 10.2. The standard InChI is InChI=1S/C15H23N2O7P/c1-4-22-25(21,23-5-2)7-6-12-11(18)8-13(24-12)17-9-10(3)14(19)16-15(17)20/h6-7,9,11-13,18H,4-5,8H2,1-3H3,(H,16,19,20)/b7-6+/t11-,12+,13+/m0/s1. The highest BCUT2D eigenvalue weighted by molar-refractivity contribution is 7.57. The topological polar surface area (TPSA) is 120 Å². The number of aryl methyl sites for hydroxylation is 1. The van der Waals surface area contributed by atoms with E-state index in [1.54, 1.807) is 20.8 Å². The van der Waals surface area contributed by atoms with E-state index in [0.29, 0.717) is 5.56 Å². The SMILES string of the molecule is CCOP(=O)(/C=C/[C@H]1O[C@@H](n2cc(C)c(=O)[nH]c2=O)C[C@@H]1O)OCC. The van der Waals surface area contributed by atoms with Gasteiger partial charge in [-0.15, -0.1) is 0 Å². The van der Waals surface area contributed by atoms with Crippen LogP contribution >= 0.6 is 7.60 Å². The number of aromatic nitrogens is 2.